The first-order valence-electron chi connectivity index (χ1n) is 10.3. The third-order valence-electron chi connectivity index (χ3n) is 5.41. The minimum Gasteiger partial charge on any atom is -0.312 e. The summed E-state index contributed by atoms with van der Waals surface area (Å²) in [6.45, 7) is 1.15. The van der Waals surface area contributed by atoms with E-state index in [0.717, 1.165) is 24.9 Å². The van der Waals surface area contributed by atoms with Gasteiger partial charge in [0, 0.05) is 25.7 Å². The molecule has 0 aromatic carbocycles. The van der Waals surface area contributed by atoms with Crippen molar-refractivity contribution in [3.05, 3.63) is 41.7 Å². The van der Waals surface area contributed by atoms with Crippen LogP contribution in [0, 0.1) is 0 Å². The van der Waals surface area contributed by atoms with Crippen molar-refractivity contribution in [1.82, 2.24) is 14.9 Å². The SMILES string of the molecule is O=C(Nc1ccc(N2CCCCC2=O)cn1)[C@H]1CCCN1C(=O)Nc1ccc(Cl)cn1. The molecule has 4 rings (SSSR count). The number of likely N-dealkylation sites (tertiary alicyclic amines) is 1. The first-order chi connectivity index (χ1) is 15.0. The second-order valence-corrected chi connectivity index (χ2v) is 7.97. The fourth-order valence-corrected chi connectivity index (χ4v) is 3.93. The Morgan fingerprint density at radius 1 is 0.968 bits per heavy atom. The van der Waals surface area contributed by atoms with E-state index in [9.17, 15) is 14.4 Å². The molecule has 162 valence electrons. The van der Waals surface area contributed by atoms with Crippen molar-refractivity contribution in [3.8, 4) is 0 Å². The Labute approximate surface area is 184 Å². The van der Waals surface area contributed by atoms with Gasteiger partial charge in [-0.1, -0.05) is 11.6 Å². The number of rotatable bonds is 4. The molecule has 4 heterocycles. The third kappa shape index (κ3) is 4.93. The summed E-state index contributed by atoms with van der Waals surface area (Å²) in [6.07, 6.45) is 6.74. The zero-order chi connectivity index (χ0) is 21.8. The van der Waals surface area contributed by atoms with Crippen LogP contribution < -0.4 is 15.5 Å². The maximum absolute atomic E-state index is 12.8. The van der Waals surface area contributed by atoms with Gasteiger partial charge < -0.3 is 15.1 Å². The van der Waals surface area contributed by atoms with E-state index in [1.165, 1.54) is 11.1 Å². The van der Waals surface area contributed by atoms with Gasteiger partial charge in [0.1, 0.15) is 17.7 Å². The van der Waals surface area contributed by atoms with Crippen molar-refractivity contribution in [2.45, 2.75) is 38.1 Å². The van der Waals surface area contributed by atoms with E-state index in [1.54, 1.807) is 35.4 Å². The second kappa shape index (κ2) is 9.30. The second-order valence-electron chi connectivity index (χ2n) is 7.54. The fourth-order valence-electron chi connectivity index (χ4n) is 3.82. The van der Waals surface area contributed by atoms with Gasteiger partial charge in [-0.2, -0.15) is 0 Å². The van der Waals surface area contributed by atoms with Gasteiger partial charge in [0.25, 0.3) is 0 Å². The van der Waals surface area contributed by atoms with Gasteiger partial charge in [0.15, 0.2) is 0 Å². The number of amides is 4. The molecule has 0 bridgehead atoms. The van der Waals surface area contributed by atoms with Crippen molar-refractivity contribution in [3.63, 3.8) is 0 Å². The molecule has 2 aliphatic heterocycles. The van der Waals surface area contributed by atoms with Crippen LogP contribution in [0.5, 0.6) is 0 Å². The van der Waals surface area contributed by atoms with Gasteiger partial charge in [0.2, 0.25) is 11.8 Å². The normalized spacial score (nSPS) is 18.7. The summed E-state index contributed by atoms with van der Waals surface area (Å²) >= 11 is 5.81. The number of piperidine rings is 1. The Balaban J connectivity index is 1.37. The van der Waals surface area contributed by atoms with Crippen molar-refractivity contribution in [2.24, 2.45) is 0 Å². The van der Waals surface area contributed by atoms with E-state index in [-0.39, 0.29) is 17.8 Å². The van der Waals surface area contributed by atoms with Crippen molar-refractivity contribution in [1.29, 1.82) is 0 Å². The number of nitrogens with one attached hydrogen (secondary N) is 2. The Morgan fingerprint density at radius 2 is 1.74 bits per heavy atom. The molecule has 0 unspecified atom stereocenters. The van der Waals surface area contributed by atoms with Gasteiger partial charge in [-0.25, -0.2) is 14.8 Å². The average Bonchev–Trinajstić information content (AvgIpc) is 3.27. The molecular formula is C21H23ClN6O3. The summed E-state index contributed by atoms with van der Waals surface area (Å²) in [5.41, 5.74) is 0.722. The van der Waals surface area contributed by atoms with Crippen LogP contribution in [-0.4, -0.2) is 51.8 Å². The van der Waals surface area contributed by atoms with Crippen molar-refractivity contribution >= 4 is 46.8 Å². The molecule has 9 nitrogen and oxygen atoms in total. The summed E-state index contributed by atoms with van der Waals surface area (Å²) in [4.78, 5) is 49.0. The lowest BCUT2D eigenvalue weighted by atomic mass is 10.1. The Bertz CT molecular complexity index is 966. The molecule has 2 aromatic rings. The summed E-state index contributed by atoms with van der Waals surface area (Å²) in [6, 6.07) is 5.69. The summed E-state index contributed by atoms with van der Waals surface area (Å²) < 4.78 is 0. The van der Waals surface area contributed by atoms with Crippen LogP contribution in [0.2, 0.25) is 5.02 Å². The number of urea groups is 1. The smallest absolute Gasteiger partial charge is 0.312 e. The zero-order valence-corrected chi connectivity index (χ0v) is 17.6. The van der Waals surface area contributed by atoms with Crippen LogP contribution in [0.3, 0.4) is 0 Å². The van der Waals surface area contributed by atoms with E-state index >= 15 is 0 Å². The molecule has 4 amide bonds. The highest BCUT2D eigenvalue weighted by Gasteiger charge is 2.34. The highest BCUT2D eigenvalue weighted by atomic mass is 35.5. The fraction of sp³-hybridized carbons (Fsp3) is 0.381. The molecular weight excluding hydrogens is 420 g/mol. The number of carbonyl (C=O) groups excluding carboxylic acids is 3. The van der Waals surface area contributed by atoms with Gasteiger partial charge in [-0.15, -0.1) is 0 Å². The van der Waals surface area contributed by atoms with Crippen LogP contribution in [0.15, 0.2) is 36.7 Å². The molecule has 0 aliphatic carbocycles. The lowest BCUT2D eigenvalue weighted by molar-refractivity contribution is -0.120. The molecule has 0 spiro atoms. The Morgan fingerprint density at radius 3 is 2.45 bits per heavy atom. The van der Waals surface area contributed by atoms with Crippen molar-refractivity contribution < 1.29 is 14.4 Å². The van der Waals surface area contributed by atoms with Gasteiger partial charge in [-0.3, -0.25) is 14.9 Å². The van der Waals surface area contributed by atoms with Crippen LogP contribution >= 0.6 is 11.6 Å². The number of halogens is 1. The quantitative estimate of drug-likeness (QED) is 0.755. The van der Waals surface area contributed by atoms with Crippen molar-refractivity contribution in [2.75, 3.05) is 28.6 Å². The zero-order valence-electron chi connectivity index (χ0n) is 16.9. The summed E-state index contributed by atoms with van der Waals surface area (Å²) in [5, 5.41) is 5.94. The van der Waals surface area contributed by atoms with E-state index in [2.05, 4.69) is 20.6 Å². The average molecular weight is 443 g/mol. The Kier molecular flexibility index (Phi) is 6.31. The maximum atomic E-state index is 12.8. The van der Waals surface area contributed by atoms with E-state index < -0.39 is 6.04 Å². The molecule has 10 heteroatoms. The Hall–Kier alpha value is -3.20. The van der Waals surface area contributed by atoms with Crippen LogP contribution in [0.4, 0.5) is 22.1 Å². The number of pyridine rings is 2. The van der Waals surface area contributed by atoms with E-state index in [4.69, 9.17) is 11.6 Å². The highest BCUT2D eigenvalue weighted by molar-refractivity contribution is 6.30. The molecule has 31 heavy (non-hydrogen) atoms. The number of carbonyl (C=O) groups is 3. The number of anilines is 3. The molecule has 1 atom stereocenters. The third-order valence-corrected chi connectivity index (χ3v) is 5.64. The first-order valence-corrected chi connectivity index (χ1v) is 10.7. The van der Waals surface area contributed by atoms with E-state index in [1.807, 2.05) is 0 Å². The first kappa shape index (κ1) is 21.0. The van der Waals surface area contributed by atoms with Crippen LogP contribution in [0.25, 0.3) is 0 Å². The lowest BCUT2D eigenvalue weighted by Crippen LogP contribution is -2.45. The maximum Gasteiger partial charge on any atom is 0.323 e. The number of hydrogen-bond acceptors (Lipinski definition) is 5. The number of nitrogens with zero attached hydrogens (tertiary/aromatic N) is 4. The van der Waals surface area contributed by atoms with Gasteiger partial charge in [-0.05, 0) is 49.9 Å². The molecule has 0 saturated carbocycles. The molecule has 2 aromatic heterocycles. The summed E-state index contributed by atoms with van der Waals surface area (Å²) in [7, 11) is 0. The van der Waals surface area contributed by atoms with Crippen LogP contribution in [-0.2, 0) is 9.59 Å². The monoisotopic (exact) mass is 442 g/mol. The molecule has 2 saturated heterocycles. The molecule has 2 fully saturated rings. The standard InChI is InChI=1S/C21H23ClN6O3/c22-14-6-8-18(23-12-14)26-21(31)28-11-3-4-16(28)20(30)25-17-9-7-15(13-24-17)27-10-2-1-5-19(27)29/h6-9,12-13,16H,1-5,10-11H2,(H,23,26,31)(H,24,25,30)/t16-/m1/s1. The lowest BCUT2D eigenvalue weighted by Gasteiger charge is -2.26. The molecule has 0 radical (unpaired) electrons. The predicted molar refractivity (Wildman–Crippen MR) is 117 cm³/mol. The number of aromatic nitrogens is 2. The van der Waals surface area contributed by atoms with Crippen LogP contribution in [0.1, 0.15) is 32.1 Å². The van der Waals surface area contributed by atoms with Gasteiger partial charge >= 0.3 is 6.03 Å². The highest BCUT2D eigenvalue weighted by Crippen LogP contribution is 2.23. The number of hydrogen-bond donors (Lipinski definition) is 2. The molecule has 2 aliphatic rings. The summed E-state index contributed by atoms with van der Waals surface area (Å²) in [5.74, 6) is 0.536. The minimum atomic E-state index is -0.600. The molecule has 2 N–H and O–H groups in total. The minimum absolute atomic E-state index is 0.0904. The largest absolute Gasteiger partial charge is 0.323 e. The van der Waals surface area contributed by atoms with Gasteiger partial charge in [0.05, 0.1) is 16.9 Å². The van der Waals surface area contributed by atoms with E-state index in [0.29, 0.717) is 42.6 Å². The topological polar surface area (TPSA) is 108 Å². The predicted octanol–water partition coefficient (Wildman–Crippen LogP) is 3.28.